The smallest absolute Gasteiger partial charge is 0.360 e. The molecule has 0 bridgehead atoms. The van der Waals surface area contributed by atoms with E-state index in [1.807, 2.05) is 13.8 Å². The first-order chi connectivity index (χ1) is 8.99. The summed E-state index contributed by atoms with van der Waals surface area (Å²) in [7, 11) is 2.72. The van der Waals surface area contributed by atoms with Crippen molar-refractivity contribution in [3.8, 4) is 0 Å². The van der Waals surface area contributed by atoms with Crippen molar-refractivity contribution in [2.45, 2.75) is 26.4 Å². The lowest BCUT2D eigenvalue weighted by Crippen LogP contribution is -2.38. The zero-order valence-electron chi connectivity index (χ0n) is 11.5. The minimum Gasteiger partial charge on any atom is -0.464 e. The topological polar surface area (TPSA) is 81.9 Å². The quantitative estimate of drug-likeness (QED) is 0.712. The minimum atomic E-state index is -0.575. The summed E-state index contributed by atoms with van der Waals surface area (Å²) in [5, 5.41) is 0. The number of amides is 1. The number of nitrogens with zero attached hydrogens (tertiary/aromatic N) is 2. The van der Waals surface area contributed by atoms with Crippen LogP contribution in [0.15, 0.2) is 10.7 Å². The fourth-order valence-electron chi connectivity index (χ4n) is 1.49. The maximum Gasteiger partial charge on any atom is 0.360 e. The van der Waals surface area contributed by atoms with E-state index in [-0.39, 0.29) is 36.7 Å². The molecule has 0 saturated carbocycles. The van der Waals surface area contributed by atoms with Crippen molar-refractivity contribution in [3.63, 3.8) is 0 Å². The second kappa shape index (κ2) is 6.89. The monoisotopic (exact) mass is 270 g/mol. The second-order valence-electron chi connectivity index (χ2n) is 4.17. The van der Waals surface area contributed by atoms with Gasteiger partial charge in [-0.3, -0.25) is 4.79 Å². The fraction of sp³-hybridized carbons (Fsp3) is 0.583. The Labute approximate surface area is 111 Å². The molecule has 19 heavy (non-hydrogen) atoms. The van der Waals surface area contributed by atoms with Crippen molar-refractivity contribution in [1.82, 2.24) is 9.88 Å². The van der Waals surface area contributed by atoms with E-state index in [9.17, 15) is 9.59 Å². The van der Waals surface area contributed by atoms with Crippen molar-refractivity contribution in [2.75, 3.05) is 20.8 Å². The summed E-state index contributed by atoms with van der Waals surface area (Å²) < 4.78 is 14.5. The van der Waals surface area contributed by atoms with Gasteiger partial charge in [-0.25, -0.2) is 9.78 Å². The molecule has 0 aliphatic rings. The van der Waals surface area contributed by atoms with E-state index in [0.29, 0.717) is 0 Å². The van der Waals surface area contributed by atoms with E-state index in [0.717, 1.165) is 0 Å². The van der Waals surface area contributed by atoms with Gasteiger partial charge >= 0.3 is 5.97 Å². The number of hydrogen-bond donors (Lipinski definition) is 0. The number of carbonyl (C=O) groups excluding carboxylic acids is 2. The van der Waals surface area contributed by atoms with Crippen LogP contribution in [0.5, 0.6) is 0 Å². The molecule has 0 N–H and O–H groups in total. The zero-order chi connectivity index (χ0) is 14.4. The Bertz CT molecular complexity index is 441. The van der Waals surface area contributed by atoms with E-state index in [1.54, 1.807) is 4.90 Å². The lowest BCUT2D eigenvalue weighted by Gasteiger charge is -2.24. The third-order valence-electron chi connectivity index (χ3n) is 2.46. The normalized spacial score (nSPS) is 10.6. The molecule has 0 unspecified atom stereocenters. The van der Waals surface area contributed by atoms with Crippen molar-refractivity contribution >= 4 is 11.9 Å². The molecular weight excluding hydrogens is 252 g/mol. The molecule has 1 aromatic rings. The molecule has 0 fully saturated rings. The molecule has 7 heteroatoms. The van der Waals surface area contributed by atoms with Gasteiger partial charge in [-0.1, -0.05) is 0 Å². The predicted octanol–water partition coefficient (Wildman–Crippen LogP) is 0.845. The van der Waals surface area contributed by atoms with Crippen molar-refractivity contribution in [3.05, 3.63) is 17.8 Å². The van der Waals surface area contributed by atoms with E-state index >= 15 is 0 Å². The van der Waals surface area contributed by atoms with E-state index < -0.39 is 5.97 Å². The van der Waals surface area contributed by atoms with E-state index in [2.05, 4.69) is 9.72 Å². The molecule has 1 rings (SSSR count). The molecule has 0 aliphatic heterocycles. The highest BCUT2D eigenvalue weighted by atomic mass is 16.5. The van der Waals surface area contributed by atoms with Crippen LogP contribution in [-0.2, 0) is 20.8 Å². The Hall–Kier alpha value is -1.89. The number of oxazole rings is 1. The molecule has 0 atom stereocenters. The average molecular weight is 270 g/mol. The number of hydrogen-bond acceptors (Lipinski definition) is 6. The maximum atomic E-state index is 11.8. The maximum absolute atomic E-state index is 11.8. The van der Waals surface area contributed by atoms with Gasteiger partial charge in [0.05, 0.1) is 13.7 Å². The lowest BCUT2D eigenvalue weighted by molar-refractivity contribution is -0.137. The van der Waals surface area contributed by atoms with Gasteiger partial charge in [0.25, 0.3) is 0 Å². The lowest BCUT2D eigenvalue weighted by atomic mass is 10.3. The van der Waals surface area contributed by atoms with Gasteiger partial charge in [0, 0.05) is 13.2 Å². The number of methoxy groups -OCH3 is 2. The number of ether oxygens (including phenoxy) is 2. The number of rotatable bonds is 6. The third kappa shape index (κ3) is 4.06. The van der Waals surface area contributed by atoms with Crippen LogP contribution >= 0.6 is 0 Å². The molecule has 1 amide bonds. The Balaban J connectivity index is 2.77. The van der Waals surface area contributed by atoms with Crippen LogP contribution in [0.25, 0.3) is 0 Å². The van der Waals surface area contributed by atoms with E-state index in [1.165, 1.54) is 20.5 Å². The first-order valence-electron chi connectivity index (χ1n) is 5.80. The molecule has 0 radical (unpaired) electrons. The summed E-state index contributed by atoms with van der Waals surface area (Å²) in [6.07, 6.45) is 1.21. The Kier molecular flexibility index (Phi) is 5.50. The van der Waals surface area contributed by atoms with Crippen LogP contribution in [0.3, 0.4) is 0 Å². The third-order valence-corrected chi connectivity index (χ3v) is 2.46. The average Bonchev–Trinajstić information content (AvgIpc) is 2.83. The molecule has 106 valence electrons. The van der Waals surface area contributed by atoms with Gasteiger partial charge in [-0.2, -0.15) is 0 Å². The summed E-state index contributed by atoms with van der Waals surface area (Å²) >= 11 is 0. The van der Waals surface area contributed by atoms with E-state index in [4.69, 9.17) is 9.15 Å². The molecule has 0 aromatic carbocycles. The largest absolute Gasteiger partial charge is 0.464 e. The van der Waals surface area contributed by atoms with Crippen molar-refractivity contribution in [2.24, 2.45) is 0 Å². The molecule has 1 aromatic heterocycles. The van der Waals surface area contributed by atoms with Gasteiger partial charge in [0.15, 0.2) is 5.69 Å². The van der Waals surface area contributed by atoms with Gasteiger partial charge in [-0.15, -0.1) is 0 Å². The molecule has 0 saturated heterocycles. The van der Waals surface area contributed by atoms with Crippen LogP contribution in [0.1, 0.15) is 30.2 Å². The Morgan fingerprint density at radius 1 is 1.42 bits per heavy atom. The fourth-order valence-corrected chi connectivity index (χ4v) is 1.49. The summed E-state index contributed by atoms with van der Waals surface area (Å²) in [5.74, 6) is -0.469. The second-order valence-corrected chi connectivity index (χ2v) is 4.17. The molecule has 0 aliphatic carbocycles. The van der Waals surface area contributed by atoms with Crippen molar-refractivity contribution < 1.29 is 23.5 Å². The van der Waals surface area contributed by atoms with Gasteiger partial charge < -0.3 is 18.8 Å². The van der Waals surface area contributed by atoms with Gasteiger partial charge in [-0.05, 0) is 13.8 Å². The Morgan fingerprint density at radius 3 is 2.63 bits per heavy atom. The highest BCUT2D eigenvalue weighted by Gasteiger charge is 2.20. The zero-order valence-corrected chi connectivity index (χ0v) is 11.5. The Morgan fingerprint density at radius 2 is 2.11 bits per heavy atom. The van der Waals surface area contributed by atoms with Crippen LogP contribution in [0.4, 0.5) is 0 Å². The molecular formula is C12H18N2O5. The standard InChI is InChI=1S/C12H18N2O5/c1-8(2)14(11(15)7-17-3)5-10-13-9(6-19-10)12(16)18-4/h6,8H,5,7H2,1-4H3. The number of aromatic nitrogens is 1. The SMILES string of the molecule is COCC(=O)N(Cc1nc(C(=O)OC)co1)C(C)C. The molecule has 7 nitrogen and oxygen atoms in total. The first-order valence-corrected chi connectivity index (χ1v) is 5.80. The molecule has 1 heterocycles. The number of esters is 1. The van der Waals surface area contributed by atoms with Crippen LogP contribution in [-0.4, -0.2) is 48.6 Å². The first kappa shape index (κ1) is 15.2. The number of carbonyl (C=O) groups is 2. The highest BCUT2D eigenvalue weighted by Crippen LogP contribution is 2.10. The summed E-state index contributed by atoms with van der Waals surface area (Å²) in [5.41, 5.74) is 0.0837. The van der Waals surface area contributed by atoms with Crippen LogP contribution < -0.4 is 0 Å². The summed E-state index contributed by atoms with van der Waals surface area (Å²) in [6.45, 7) is 3.91. The summed E-state index contributed by atoms with van der Waals surface area (Å²) in [4.78, 5) is 28.6. The van der Waals surface area contributed by atoms with Gasteiger partial charge in [0.1, 0.15) is 12.9 Å². The van der Waals surface area contributed by atoms with Crippen molar-refractivity contribution in [1.29, 1.82) is 0 Å². The predicted molar refractivity (Wildman–Crippen MR) is 65.4 cm³/mol. The molecule has 0 spiro atoms. The van der Waals surface area contributed by atoms with Crippen LogP contribution in [0.2, 0.25) is 0 Å². The highest BCUT2D eigenvalue weighted by molar-refractivity contribution is 5.86. The minimum absolute atomic E-state index is 0.0112. The summed E-state index contributed by atoms with van der Waals surface area (Å²) in [6, 6.07) is -0.0314. The van der Waals surface area contributed by atoms with Gasteiger partial charge in [0.2, 0.25) is 11.8 Å². The van der Waals surface area contributed by atoms with Crippen LogP contribution in [0, 0.1) is 0 Å².